The number of likely N-dealkylation sites (tertiary alicyclic amines) is 2. The monoisotopic (exact) mass is 617 g/mol. The Morgan fingerprint density at radius 3 is 2.64 bits per heavy atom. The molecule has 1 aromatic heterocycles. The number of amides is 3. The number of ether oxygens (including phenoxy) is 1. The topological polar surface area (TPSA) is 104 Å². The lowest BCUT2D eigenvalue weighted by Gasteiger charge is -2.36. The summed E-state index contributed by atoms with van der Waals surface area (Å²) in [5.74, 6) is -0.767. The van der Waals surface area contributed by atoms with Crippen LogP contribution in [0, 0.1) is 11.7 Å². The van der Waals surface area contributed by atoms with Gasteiger partial charge in [0.2, 0.25) is 11.8 Å². The van der Waals surface area contributed by atoms with Crippen LogP contribution in [0.3, 0.4) is 0 Å². The molecule has 3 atom stereocenters. The highest BCUT2D eigenvalue weighted by atomic mass is 19.1. The zero-order valence-electron chi connectivity index (χ0n) is 25.3. The summed E-state index contributed by atoms with van der Waals surface area (Å²) in [7, 11) is 2.04. The van der Waals surface area contributed by atoms with Crippen molar-refractivity contribution in [2.24, 2.45) is 5.92 Å². The normalized spacial score (nSPS) is 21.1. The molecule has 3 heterocycles. The lowest BCUT2D eigenvalue weighted by molar-refractivity contribution is -0.138. The first kappa shape index (κ1) is 30.6. The van der Waals surface area contributed by atoms with Crippen molar-refractivity contribution in [2.45, 2.75) is 50.5 Å². The number of fused-ring (bicyclic) bond motifs is 1. The van der Waals surface area contributed by atoms with Gasteiger partial charge in [0.25, 0.3) is 5.91 Å². The number of carbonyl (C=O) groups excluding carboxylic acids is 3. The van der Waals surface area contributed by atoms with Crippen LogP contribution in [0.2, 0.25) is 0 Å². The number of benzene rings is 2. The van der Waals surface area contributed by atoms with E-state index in [4.69, 9.17) is 4.74 Å². The van der Waals surface area contributed by atoms with Gasteiger partial charge in [0, 0.05) is 24.9 Å². The highest BCUT2D eigenvalue weighted by molar-refractivity contribution is 5.97. The SMILES string of the molecule is C[C@H](NC(=O)[C@@H]1C[C@@H](F)CN1C(=O)CNC(=O)c1ccc2cc(F)ccc2n1)c1cc(OC2CN(C)C2)ccc1/C=C/C1CC1. The van der Waals surface area contributed by atoms with Crippen molar-refractivity contribution in [1.82, 2.24) is 25.4 Å². The zero-order chi connectivity index (χ0) is 31.7. The lowest BCUT2D eigenvalue weighted by atomic mass is 9.99. The van der Waals surface area contributed by atoms with Gasteiger partial charge in [-0.2, -0.15) is 0 Å². The molecule has 0 bridgehead atoms. The Kier molecular flexibility index (Phi) is 8.80. The summed E-state index contributed by atoms with van der Waals surface area (Å²) in [5, 5.41) is 6.05. The number of hydrogen-bond acceptors (Lipinski definition) is 6. The standard InChI is InChI=1S/C34H37F2N5O4/c1-20(28-15-26(45-27-18-40(2)19-27)10-7-22(28)6-5-21-3-4-21)38-34(44)31-14-25(36)17-41(31)32(42)16-37-33(43)30-11-8-23-13-24(35)9-12-29(23)39-30/h5-13,15,20-21,25,27,31H,3-4,14,16-19H2,1-2H3,(H,37,43)(H,38,44)/b6-5+/t20-,25+,31-/m0/s1. The molecule has 3 aliphatic rings. The first-order valence-corrected chi connectivity index (χ1v) is 15.4. The Labute approximate surface area is 260 Å². The number of halogens is 2. The third-order valence-corrected chi connectivity index (χ3v) is 8.54. The van der Waals surface area contributed by atoms with Gasteiger partial charge in [-0.15, -0.1) is 0 Å². The Balaban J connectivity index is 1.10. The minimum atomic E-state index is -1.37. The van der Waals surface area contributed by atoms with Crippen LogP contribution in [0.1, 0.15) is 53.8 Å². The maximum absolute atomic E-state index is 14.6. The van der Waals surface area contributed by atoms with Crippen molar-refractivity contribution in [3.63, 3.8) is 0 Å². The summed E-state index contributed by atoms with van der Waals surface area (Å²) < 4.78 is 34.2. The fourth-order valence-electron chi connectivity index (χ4n) is 5.86. The average molecular weight is 618 g/mol. The largest absolute Gasteiger partial charge is 0.488 e. The van der Waals surface area contributed by atoms with E-state index in [9.17, 15) is 23.2 Å². The van der Waals surface area contributed by atoms with Crippen molar-refractivity contribution in [1.29, 1.82) is 0 Å². The van der Waals surface area contributed by atoms with Crippen LogP contribution < -0.4 is 15.4 Å². The van der Waals surface area contributed by atoms with Crippen LogP contribution in [0.15, 0.2) is 54.6 Å². The number of hydrogen-bond donors (Lipinski definition) is 2. The van der Waals surface area contributed by atoms with E-state index >= 15 is 0 Å². The summed E-state index contributed by atoms with van der Waals surface area (Å²) in [6, 6.07) is 11.4. The first-order valence-electron chi connectivity index (χ1n) is 15.4. The summed E-state index contributed by atoms with van der Waals surface area (Å²) >= 11 is 0. The summed E-state index contributed by atoms with van der Waals surface area (Å²) in [5.41, 5.74) is 2.32. The minimum absolute atomic E-state index is 0.0527. The van der Waals surface area contributed by atoms with Gasteiger partial charge in [0.15, 0.2) is 0 Å². The minimum Gasteiger partial charge on any atom is -0.488 e. The molecule has 2 aromatic carbocycles. The number of rotatable bonds is 10. The lowest BCUT2D eigenvalue weighted by Crippen LogP contribution is -2.51. The molecule has 9 nitrogen and oxygen atoms in total. The maximum atomic E-state index is 14.6. The Morgan fingerprint density at radius 2 is 1.89 bits per heavy atom. The van der Waals surface area contributed by atoms with Gasteiger partial charge in [0.1, 0.15) is 35.6 Å². The summed E-state index contributed by atoms with van der Waals surface area (Å²) in [6.45, 7) is 2.89. The van der Waals surface area contributed by atoms with Crippen molar-refractivity contribution < 1.29 is 27.9 Å². The molecule has 1 saturated carbocycles. The Morgan fingerprint density at radius 1 is 1.09 bits per heavy atom. The predicted octanol–water partition coefficient (Wildman–Crippen LogP) is 4.04. The molecule has 2 N–H and O–H groups in total. The quantitative estimate of drug-likeness (QED) is 0.356. The summed E-state index contributed by atoms with van der Waals surface area (Å²) in [4.78, 5) is 46.9. The van der Waals surface area contributed by atoms with E-state index < -0.39 is 48.3 Å². The molecule has 0 radical (unpaired) electrons. The molecule has 0 unspecified atom stereocenters. The molecular weight excluding hydrogens is 580 g/mol. The van der Waals surface area contributed by atoms with E-state index in [2.05, 4.69) is 32.7 Å². The van der Waals surface area contributed by atoms with Crippen molar-refractivity contribution >= 4 is 34.7 Å². The van der Waals surface area contributed by atoms with Gasteiger partial charge in [-0.25, -0.2) is 13.8 Å². The second-order valence-corrected chi connectivity index (χ2v) is 12.3. The van der Waals surface area contributed by atoms with Gasteiger partial charge >= 0.3 is 0 Å². The fourth-order valence-corrected chi connectivity index (χ4v) is 5.86. The highest BCUT2D eigenvalue weighted by Gasteiger charge is 2.40. The molecule has 2 saturated heterocycles. The van der Waals surface area contributed by atoms with E-state index in [1.54, 1.807) is 6.07 Å². The van der Waals surface area contributed by atoms with Gasteiger partial charge in [-0.05, 0) is 80.3 Å². The third-order valence-electron chi connectivity index (χ3n) is 8.54. The fraction of sp³-hybridized carbons (Fsp3) is 0.412. The Hall–Kier alpha value is -4.38. The van der Waals surface area contributed by atoms with Crippen LogP contribution >= 0.6 is 0 Å². The molecule has 1 aliphatic carbocycles. The van der Waals surface area contributed by atoms with Crippen LogP contribution in [0.4, 0.5) is 8.78 Å². The number of nitrogens with zero attached hydrogens (tertiary/aromatic N) is 3. The van der Waals surface area contributed by atoms with E-state index in [0.717, 1.165) is 30.0 Å². The number of nitrogens with one attached hydrogen (secondary N) is 2. The van der Waals surface area contributed by atoms with Gasteiger partial charge in [-0.3, -0.25) is 19.3 Å². The summed E-state index contributed by atoms with van der Waals surface area (Å²) in [6.07, 6.45) is 5.21. The van der Waals surface area contributed by atoms with E-state index in [1.165, 1.54) is 42.0 Å². The number of allylic oxidation sites excluding steroid dienone is 1. The van der Waals surface area contributed by atoms with Crippen molar-refractivity contribution in [3.8, 4) is 5.75 Å². The second kappa shape index (κ2) is 12.9. The highest BCUT2D eigenvalue weighted by Crippen LogP contribution is 2.33. The average Bonchev–Trinajstić information content (AvgIpc) is 3.76. The molecular formula is C34H37F2N5O4. The van der Waals surface area contributed by atoms with Crippen LogP contribution in [0.25, 0.3) is 17.0 Å². The maximum Gasteiger partial charge on any atom is 0.270 e. The van der Waals surface area contributed by atoms with Crippen LogP contribution in [-0.4, -0.2) is 84.0 Å². The third kappa shape index (κ3) is 7.30. The first-order chi connectivity index (χ1) is 21.6. The number of aromatic nitrogens is 1. The van der Waals surface area contributed by atoms with Crippen molar-refractivity contribution in [2.75, 3.05) is 33.2 Å². The van der Waals surface area contributed by atoms with Crippen LogP contribution in [0.5, 0.6) is 5.75 Å². The molecule has 6 rings (SSSR count). The van der Waals surface area contributed by atoms with Gasteiger partial charge in [0.05, 0.1) is 24.6 Å². The van der Waals surface area contributed by atoms with Gasteiger partial charge < -0.3 is 20.3 Å². The second-order valence-electron chi connectivity index (χ2n) is 12.3. The molecule has 11 heteroatoms. The van der Waals surface area contributed by atoms with Gasteiger partial charge in [-0.1, -0.05) is 24.3 Å². The smallest absolute Gasteiger partial charge is 0.270 e. The number of alkyl halides is 1. The Bertz CT molecular complexity index is 1640. The van der Waals surface area contributed by atoms with Crippen LogP contribution in [-0.2, 0) is 9.59 Å². The molecule has 3 aromatic rings. The molecule has 45 heavy (non-hydrogen) atoms. The molecule has 0 spiro atoms. The number of likely N-dealkylation sites (N-methyl/N-ethyl adjacent to an activating group) is 1. The number of carbonyl (C=O) groups is 3. The van der Waals surface area contributed by atoms with E-state index in [0.29, 0.717) is 16.8 Å². The molecule has 2 aliphatic heterocycles. The predicted molar refractivity (Wildman–Crippen MR) is 166 cm³/mol. The zero-order valence-corrected chi connectivity index (χ0v) is 25.3. The molecule has 236 valence electrons. The van der Waals surface area contributed by atoms with Crippen molar-refractivity contribution in [3.05, 3.63) is 77.2 Å². The molecule has 3 fully saturated rings. The number of pyridine rings is 1. The van der Waals surface area contributed by atoms with E-state index in [-0.39, 0.29) is 24.8 Å². The molecule has 3 amide bonds. The van der Waals surface area contributed by atoms with E-state index in [1.807, 2.05) is 32.2 Å².